The summed E-state index contributed by atoms with van der Waals surface area (Å²) < 4.78 is 13.4. The minimum Gasteiger partial charge on any atom is -0.497 e. The average molecular weight is 439 g/mol. The first-order valence-corrected chi connectivity index (χ1v) is 10.5. The van der Waals surface area contributed by atoms with Crippen molar-refractivity contribution in [3.05, 3.63) is 52.8 Å². The molecule has 0 atom stereocenters. The van der Waals surface area contributed by atoms with Crippen LogP contribution in [0.25, 0.3) is 10.2 Å². The van der Waals surface area contributed by atoms with Crippen molar-refractivity contribution in [2.24, 2.45) is 4.99 Å². The minimum absolute atomic E-state index is 0.215. The molecule has 4 rings (SSSR count). The molecule has 2 aromatic carbocycles. The van der Waals surface area contributed by atoms with Crippen LogP contribution in [0.4, 0.5) is 5.69 Å². The van der Waals surface area contributed by atoms with Gasteiger partial charge in [0.05, 0.1) is 29.6 Å². The number of amides is 3. The van der Waals surface area contributed by atoms with Crippen molar-refractivity contribution in [1.29, 1.82) is 0 Å². The van der Waals surface area contributed by atoms with Gasteiger partial charge in [-0.3, -0.25) is 19.3 Å². The van der Waals surface area contributed by atoms with E-state index < -0.39 is 5.91 Å². The number of fused-ring (bicyclic) bond motifs is 1. The van der Waals surface area contributed by atoms with Gasteiger partial charge in [-0.05, 0) is 42.5 Å². The fourth-order valence-electron chi connectivity index (χ4n) is 3.43. The van der Waals surface area contributed by atoms with E-state index in [1.54, 1.807) is 38.5 Å². The molecule has 31 heavy (non-hydrogen) atoms. The highest BCUT2D eigenvalue weighted by Crippen LogP contribution is 2.24. The zero-order valence-electron chi connectivity index (χ0n) is 17.2. The van der Waals surface area contributed by atoms with Crippen molar-refractivity contribution in [2.45, 2.75) is 19.4 Å². The lowest BCUT2D eigenvalue weighted by atomic mass is 10.2. The summed E-state index contributed by atoms with van der Waals surface area (Å²) in [6.45, 7) is 1.03. The van der Waals surface area contributed by atoms with Gasteiger partial charge >= 0.3 is 0 Å². The first kappa shape index (κ1) is 21.0. The molecule has 0 saturated carbocycles. The number of imide groups is 1. The van der Waals surface area contributed by atoms with Gasteiger partial charge in [0, 0.05) is 32.1 Å². The molecular weight excluding hydrogens is 418 g/mol. The van der Waals surface area contributed by atoms with Gasteiger partial charge in [0.2, 0.25) is 11.8 Å². The summed E-state index contributed by atoms with van der Waals surface area (Å²) in [6.07, 6.45) is 0.431. The number of carbonyl (C=O) groups excluding carboxylic acids is 3. The molecule has 0 unspecified atom stereocenters. The average Bonchev–Trinajstić information content (AvgIpc) is 3.30. The van der Waals surface area contributed by atoms with Crippen molar-refractivity contribution >= 4 is 45.0 Å². The van der Waals surface area contributed by atoms with Crippen LogP contribution in [0, 0.1) is 0 Å². The number of aromatic nitrogens is 1. The molecule has 0 aliphatic carbocycles. The van der Waals surface area contributed by atoms with Crippen molar-refractivity contribution in [1.82, 2.24) is 4.57 Å². The van der Waals surface area contributed by atoms with Crippen molar-refractivity contribution in [3.8, 4) is 5.75 Å². The summed E-state index contributed by atoms with van der Waals surface area (Å²) in [6, 6.07) is 12.1. The Kier molecular flexibility index (Phi) is 5.97. The third-order valence-corrected chi connectivity index (χ3v) is 6.07. The van der Waals surface area contributed by atoms with Crippen LogP contribution in [0.2, 0.25) is 0 Å². The van der Waals surface area contributed by atoms with Crippen LogP contribution in [0.3, 0.4) is 0 Å². The Bertz CT molecular complexity index is 1210. The number of thiazole rings is 1. The lowest BCUT2D eigenvalue weighted by Crippen LogP contribution is -2.28. The summed E-state index contributed by atoms with van der Waals surface area (Å²) in [5.74, 6) is -0.135. The second-order valence-electron chi connectivity index (χ2n) is 6.95. The first-order chi connectivity index (χ1) is 15.0. The quantitative estimate of drug-likeness (QED) is 0.551. The fourth-order valence-corrected chi connectivity index (χ4v) is 4.52. The molecule has 3 amide bonds. The van der Waals surface area contributed by atoms with Gasteiger partial charge in [-0.2, -0.15) is 4.99 Å². The van der Waals surface area contributed by atoms with Crippen molar-refractivity contribution in [2.75, 3.05) is 25.7 Å². The number of anilines is 1. The van der Waals surface area contributed by atoms with Gasteiger partial charge in [0.25, 0.3) is 5.91 Å². The van der Waals surface area contributed by atoms with Gasteiger partial charge in [0.1, 0.15) is 5.75 Å². The summed E-state index contributed by atoms with van der Waals surface area (Å²) in [5.41, 5.74) is 1.78. The molecule has 1 aliphatic rings. The smallest absolute Gasteiger partial charge is 0.279 e. The molecule has 3 aromatic rings. The second-order valence-corrected chi connectivity index (χ2v) is 7.96. The summed E-state index contributed by atoms with van der Waals surface area (Å²) in [4.78, 5) is 42.7. The topological polar surface area (TPSA) is 90.2 Å². The highest BCUT2D eigenvalue weighted by atomic mass is 32.1. The maximum atomic E-state index is 12.8. The molecule has 1 aliphatic heterocycles. The molecule has 9 heteroatoms. The van der Waals surface area contributed by atoms with Crippen LogP contribution in [-0.2, 0) is 20.9 Å². The van der Waals surface area contributed by atoms with Crippen molar-refractivity contribution in [3.63, 3.8) is 0 Å². The van der Waals surface area contributed by atoms with Gasteiger partial charge in [-0.1, -0.05) is 11.3 Å². The molecule has 0 bridgehead atoms. The van der Waals surface area contributed by atoms with Crippen molar-refractivity contribution < 1.29 is 23.9 Å². The number of nitrogens with zero attached hydrogens (tertiary/aromatic N) is 3. The van der Waals surface area contributed by atoms with Crippen LogP contribution >= 0.6 is 11.3 Å². The normalized spacial score (nSPS) is 14.6. The SMILES string of the molecule is COCCn1c(=NC(=O)c2ccc(N3C(=O)CCC3=O)cc2)sc2cc(OC)ccc21. The van der Waals surface area contributed by atoms with Gasteiger partial charge in [-0.15, -0.1) is 0 Å². The lowest BCUT2D eigenvalue weighted by Gasteiger charge is -2.13. The Labute approximate surface area is 182 Å². The van der Waals surface area contributed by atoms with Crippen LogP contribution in [0.15, 0.2) is 47.5 Å². The minimum atomic E-state index is -0.407. The van der Waals surface area contributed by atoms with E-state index >= 15 is 0 Å². The van der Waals surface area contributed by atoms with Crippen LogP contribution in [0.5, 0.6) is 5.75 Å². The van der Waals surface area contributed by atoms with E-state index in [0.717, 1.165) is 20.9 Å². The molecule has 0 radical (unpaired) electrons. The third kappa shape index (κ3) is 4.14. The van der Waals surface area contributed by atoms with Gasteiger partial charge in [0.15, 0.2) is 4.80 Å². The third-order valence-electron chi connectivity index (χ3n) is 5.03. The van der Waals surface area contributed by atoms with E-state index in [1.165, 1.54) is 11.3 Å². The Morgan fingerprint density at radius 1 is 1.06 bits per heavy atom. The summed E-state index contributed by atoms with van der Waals surface area (Å²) in [7, 11) is 3.23. The molecule has 0 spiro atoms. The summed E-state index contributed by atoms with van der Waals surface area (Å²) >= 11 is 1.39. The van der Waals surface area contributed by atoms with E-state index in [-0.39, 0.29) is 24.7 Å². The number of carbonyl (C=O) groups is 3. The van der Waals surface area contributed by atoms with Crippen LogP contribution in [-0.4, -0.2) is 43.1 Å². The molecule has 1 saturated heterocycles. The predicted molar refractivity (Wildman–Crippen MR) is 116 cm³/mol. The van der Waals surface area contributed by atoms with Gasteiger partial charge in [-0.25, -0.2) is 0 Å². The number of hydrogen-bond acceptors (Lipinski definition) is 6. The molecule has 1 fully saturated rings. The Morgan fingerprint density at radius 2 is 1.77 bits per heavy atom. The maximum absolute atomic E-state index is 12.8. The fraction of sp³-hybridized carbons (Fsp3) is 0.273. The number of rotatable bonds is 6. The van der Waals surface area contributed by atoms with E-state index in [2.05, 4.69) is 4.99 Å². The molecule has 2 heterocycles. The van der Waals surface area contributed by atoms with E-state index in [1.807, 2.05) is 22.8 Å². The number of ether oxygens (including phenoxy) is 2. The van der Waals surface area contributed by atoms with Crippen LogP contribution < -0.4 is 14.4 Å². The number of methoxy groups -OCH3 is 2. The van der Waals surface area contributed by atoms with E-state index in [4.69, 9.17) is 9.47 Å². The molecule has 160 valence electrons. The van der Waals surface area contributed by atoms with Crippen LogP contribution in [0.1, 0.15) is 23.2 Å². The molecular formula is C22H21N3O5S. The second kappa shape index (κ2) is 8.83. The Hall–Kier alpha value is -3.30. The highest BCUT2D eigenvalue weighted by Gasteiger charge is 2.30. The zero-order chi connectivity index (χ0) is 22.0. The highest BCUT2D eigenvalue weighted by molar-refractivity contribution is 7.16. The first-order valence-electron chi connectivity index (χ1n) is 9.73. The maximum Gasteiger partial charge on any atom is 0.279 e. The lowest BCUT2D eigenvalue weighted by molar-refractivity contribution is -0.121. The zero-order valence-corrected chi connectivity index (χ0v) is 18.0. The monoisotopic (exact) mass is 439 g/mol. The van der Waals surface area contributed by atoms with E-state index in [9.17, 15) is 14.4 Å². The summed E-state index contributed by atoms with van der Waals surface area (Å²) in [5, 5.41) is 0. The molecule has 1 aromatic heterocycles. The predicted octanol–water partition coefficient (Wildman–Crippen LogP) is 2.75. The standard InChI is InChI=1S/C22H21N3O5S/c1-29-12-11-24-17-8-7-16(30-2)13-18(17)31-22(24)23-21(28)14-3-5-15(6-4-14)25-19(26)9-10-20(25)27/h3-8,13H,9-12H2,1-2H3. The number of benzene rings is 2. The largest absolute Gasteiger partial charge is 0.497 e. The molecule has 0 N–H and O–H groups in total. The molecule has 8 nitrogen and oxygen atoms in total. The number of hydrogen-bond donors (Lipinski definition) is 0. The van der Waals surface area contributed by atoms with Gasteiger partial charge < -0.3 is 14.0 Å². The Balaban J connectivity index is 1.68. The Morgan fingerprint density at radius 3 is 2.42 bits per heavy atom. The van der Waals surface area contributed by atoms with E-state index in [0.29, 0.717) is 29.2 Å².